The summed E-state index contributed by atoms with van der Waals surface area (Å²) in [6.07, 6.45) is 7.01. The molecule has 0 aromatic heterocycles. The van der Waals surface area contributed by atoms with Gasteiger partial charge in [-0.2, -0.15) is 0 Å². The van der Waals surface area contributed by atoms with Crippen LogP contribution in [0.5, 0.6) is 0 Å². The molecule has 0 radical (unpaired) electrons. The van der Waals surface area contributed by atoms with Gasteiger partial charge in [0.15, 0.2) is 0 Å². The van der Waals surface area contributed by atoms with Crippen molar-refractivity contribution in [2.24, 2.45) is 0 Å². The van der Waals surface area contributed by atoms with Crippen molar-refractivity contribution < 1.29 is 52.8 Å². The predicted octanol–water partition coefficient (Wildman–Crippen LogP) is 0.0932. The molecule has 8 heavy (non-hydrogen) atoms. The number of unbranched alkanes of at least 4 members (excludes halogenated alkanes) is 4. The molecule has 0 aromatic rings. The minimum absolute atomic E-state index is 0. The second-order valence-electron chi connectivity index (χ2n) is 2.06. The van der Waals surface area contributed by atoms with Gasteiger partial charge in [0.25, 0.3) is 0 Å². The van der Waals surface area contributed by atoms with Crippen LogP contribution < -0.4 is 51.4 Å². The molecule has 0 aliphatic carbocycles. The molecule has 0 amide bonds. The average molecular weight is 140 g/mol. The van der Waals surface area contributed by atoms with E-state index in [0.29, 0.717) is 0 Å². The van der Waals surface area contributed by atoms with E-state index in [2.05, 4.69) is 13.8 Å². The molecule has 0 spiro atoms. The van der Waals surface area contributed by atoms with Crippen LogP contribution in [0.4, 0.5) is 0 Å². The second kappa shape index (κ2) is 11.4. The summed E-state index contributed by atoms with van der Waals surface area (Å²) in [7, 11) is 0. The fraction of sp³-hybridized carbons (Fsp3) is 1.00. The van der Waals surface area contributed by atoms with Crippen molar-refractivity contribution in [2.75, 3.05) is 0 Å². The first-order valence-corrected chi connectivity index (χ1v) is 3.41. The summed E-state index contributed by atoms with van der Waals surface area (Å²) in [5, 5.41) is 0. The number of hydrogen-bond acceptors (Lipinski definition) is 0. The molecular weight excluding hydrogens is 123 g/mol. The minimum Gasteiger partial charge on any atom is -1.00 e. The Kier molecular flexibility index (Phi) is 17.6. The maximum absolute atomic E-state index is 2.25. The molecule has 0 heterocycles. The quantitative estimate of drug-likeness (QED) is 0.384. The van der Waals surface area contributed by atoms with E-state index in [9.17, 15) is 0 Å². The van der Waals surface area contributed by atoms with Crippen LogP contribution in [-0.4, -0.2) is 0 Å². The summed E-state index contributed by atoms with van der Waals surface area (Å²) in [5.74, 6) is 0. The van der Waals surface area contributed by atoms with Crippen LogP contribution in [0.25, 0.3) is 0 Å². The third-order valence-corrected chi connectivity index (χ3v) is 1.21. The average Bonchev–Trinajstić information content (AvgIpc) is 1.69. The maximum atomic E-state index is 2.25. The molecule has 0 aromatic carbocycles. The van der Waals surface area contributed by atoms with Crippen LogP contribution in [0.2, 0.25) is 0 Å². The molecule has 0 saturated heterocycles. The molecule has 0 aliphatic heterocycles. The van der Waals surface area contributed by atoms with E-state index in [1.807, 2.05) is 0 Å². The summed E-state index contributed by atoms with van der Waals surface area (Å²) in [4.78, 5) is 0. The molecule has 0 nitrogen and oxygen atoms in total. The van der Waals surface area contributed by atoms with Crippen molar-refractivity contribution in [1.82, 2.24) is 0 Å². The summed E-state index contributed by atoms with van der Waals surface area (Å²) in [5.41, 5.74) is 0. The zero-order valence-corrected chi connectivity index (χ0v) is 9.66. The van der Waals surface area contributed by atoms with Crippen LogP contribution in [0.3, 0.4) is 0 Å². The molecule has 0 rings (SSSR count). The maximum Gasteiger partial charge on any atom is 1.00 e. The van der Waals surface area contributed by atoms with Crippen molar-refractivity contribution in [3.05, 3.63) is 0 Å². The first-order valence-electron chi connectivity index (χ1n) is 3.41. The molecule has 0 aliphatic rings. The molecular formula is C7H17K. The van der Waals surface area contributed by atoms with E-state index in [0.717, 1.165) is 0 Å². The molecule has 0 unspecified atom stereocenters. The third-order valence-electron chi connectivity index (χ3n) is 1.21. The Morgan fingerprint density at radius 2 is 1.25 bits per heavy atom. The van der Waals surface area contributed by atoms with Crippen molar-refractivity contribution in [3.63, 3.8) is 0 Å². The normalized spacial score (nSPS) is 8.25. The van der Waals surface area contributed by atoms with Gasteiger partial charge in [-0.15, -0.1) is 0 Å². The third kappa shape index (κ3) is 10.6. The standard InChI is InChI=1S/C7H16.K.H/c1-3-5-7-6-4-2;;/h3-7H2,1-2H3;;/q;+1;-1. The van der Waals surface area contributed by atoms with Crippen molar-refractivity contribution >= 4 is 0 Å². The number of hydrogen-bond donors (Lipinski definition) is 0. The van der Waals surface area contributed by atoms with Gasteiger partial charge in [-0.25, -0.2) is 0 Å². The van der Waals surface area contributed by atoms with Gasteiger partial charge in [0.1, 0.15) is 0 Å². The number of rotatable bonds is 4. The largest absolute Gasteiger partial charge is 1.00 e. The first-order chi connectivity index (χ1) is 3.41. The molecule has 0 N–H and O–H groups in total. The van der Waals surface area contributed by atoms with Crippen LogP contribution in [0.15, 0.2) is 0 Å². The minimum atomic E-state index is 0. The Morgan fingerprint density at radius 3 is 1.50 bits per heavy atom. The molecule has 0 fully saturated rings. The second-order valence-corrected chi connectivity index (χ2v) is 2.06. The van der Waals surface area contributed by atoms with Crippen LogP contribution in [0, 0.1) is 0 Å². The Hall–Kier alpha value is 1.64. The Bertz CT molecular complexity index is 28.1. The molecule has 46 valence electrons. The van der Waals surface area contributed by atoms with Gasteiger partial charge < -0.3 is 1.43 Å². The van der Waals surface area contributed by atoms with E-state index in [-0.39, 0.29) is 52.8 Å². The predicted molar refractivity (Wildman–Crippen MR) is 35.5 cm³/mol. The summed E-state index contributed by atoms with van der Waals surface area (Å²) in [6, 6.07) is 0. The van der Waals surface area contributed by atoms with Gasteiger partial charge in [-0.05, 0) is 0 Å². The Balaban J connectivity index is -0.000000180. The van der Waals surface area contributed by atoms with Gasteiger partial charge in [-0.1, -0.05) is 46.0 Å². The van der Waals surface area contributed by atoms with Crippen LogP contribution >= 0.6 is 0 Å². The van der Waals surface area contributed by atoms with Gasteiger partial charge in [0, 0.05) is 0 Å². The molecule has 0 saturated carbocycles. The molecule has 0 atom stereocenters. The van der Waals surface area contributed by atoms with Crippen molar-refractivity contribution in [1.29, 1.82) is 0 Å². The summed E-state index contributed by atoms with van der Waals surface area (Å²) in [6.45, 7) is 4.49. The molecule has 1 heteroatoms. The Labute approximate surface area is 97.3 Å². The van der Waals surface area contributed by atoms with Gasteiger partial charge in [0.05, 0.1) is 0 Å². The Morgan fingerprint density at radius 1 is 0.875 bits per heavy atom. The zero-order valence-electron chi connectivity index (χ0n) is 7.54. The van der Waals surface area contributed by atoms with Gasteiger partial charge in [-0.3, -0.25) is 0 Å². The van der Waals surface area contributed by atoms with E-state index < -0.39 is 0 Å². The van der Waals surface area contributed by atoms with E-state index in [4.69, 9.17) is 0 Å². The fourth-order valence-electron chi connectivity index (χ4n) is 0.677. The smallest absolute Gasteiger partial charge is 1.00 e. The van der Waals surface area contributed by atoms with Crippen molar-refractivity contribution in [2.45, 2.75) is 46.0 Å². The van der Waals surface area contributed by atoms with Crippen LogP contribution in [0.1, 0.15) is 47.4 Å². The van der Waals surface area contributed by atoms with E-state index >= 15 is 0 Å². The SMILES string of the molecule is CCCCCCC.[H-].[K+]. The molecule has 0 bridgehead atoms. The summed E-state index contributed by atoms with van der Waals surface area (Å²) < 4.78 is 0. The van der Waals surface area contributed by atoms with Crippen LogP contribution in [-0.2, 0) is 0 Å². The van der Waals surface area contributed by atoms with Gasteiger partial charge >= 0.3 is 51.4 Å². The fourth-order valence-corrected chi connectivity index (χ4v) is 0.677. The van der Waals surface area contributed by atoms with E-state index in [1.165, 1.54) is 32.1 Å². The summed E-state index contributed by atoms with van der Waals surface area (Å²) >= 11 is 0. The topological polar surface area (TPSA) is 0 Å². The van der Waals surface area contributed by atoms with E-state index in [1.54, 1.807) is 0 Å². The first kappa shape index (κ1) is 12.3. The monoisotopic (exact) mass is 140 g/mol. The zero-order chi connectivity index (χ0) is 5.54. The van der Waals surface area contributed by atoms with Crippen molar-refractivity contribution in [3.8, 4) is 0 Å². The van der Waals surface area contributed by atoms with Gasteiger partial charge in [0.2, 0.25) is 0 Å².